The monoisotopic (exact) mass is 426 g/mol. The Labute approximate surface area is 192 Å². The number of rotatable bonds is 12. The highest BCUT2D eigenvalue weighted by Gasteiger charge is 2.08. The van der Waals surface area contributed by atoms with Gasteiger partial charge in [-0.25, -0.2) is 0 Å². The fourth-order valence-corrected chi connectivity index (χ4v) is 3.75. The number of unbranched alkanes of at least 4 members (excludes halogenated alkanes) is 4. The van der Waals surface area contributed by atoms with Crippen molar-refractivity contribution in [2.45, 2.75) is 58.3 Å². The fraction of sp³-hybridized carbons (Fsp3) is 0.310. The van der Waals surface area contributed by atoms with Gasteiger partial charge in [0.05, 0.1) is 11.2 Å². The summed E-state index contributed by atoms with van der Waals surface area (Å²) in [6.07, 6.45) is 16.9. The highest BCUT2D eigenvalue weighted by Crippen LogP contribution is 2.22. The Morgan fingerprint density at radius 1 is 0.906 bits per heavy atom. The highest BCUT2D eigenvalue weighted by atomic mass is 16.1. The molecule has 0 atom stereocenters. The molecule has 0 saturated carbocycles. The van der Waals surface area contributed by atoms with Gasteiger partial charge in [0, 0.05) is 18.0 Å². The highest BCUT2D eigenvalue weighted by molar-refractivity contribution is 6.00. The average molecular weight is 427 g/mol. The van der Waals surface area contributed by atoms with E-state index in [2.05, 4.69) is 47.6 Å². The zero-order valence-electron chi connectivity index (χ0n) is 19.1. The van der Waals surface area contributed by atoms with E-state index < -0.39 is 0 Å². The van der Waals surface area contributed by atoms with Crippen LogP contribution >= 0.6 is 0 Å². The Balaban J connectivity index is 1.59. The predicted molar refractivity (Wildman–Crippen MR) is 137 cm³/mol. The molecule has 3 rings (SSSR count). The lowest BCUT2D eigenvalue weighted by atomic mass is 10.0. The Morgan fingerprint density at radius 3 is 2.59 bits per heavy atom. The number of pyridine rings is 1. The van der Waals surface area contributed by atoms with Crippen molar-refractivity contribution in [1.29, 1.82) is 0 Å². The number of aromatic nitrogens is 1. The van der Waals surface area contributed by atoms with Crippen molar-refractivity contribution >= 4 is 28.6 Å². The summed E-state index contributed by atoms with van der Waals surface area (Å²) < 4.78 is 0. The third kappa shape index (κ3) is 7.81. The minimum atomic E-state index is 0.0191. The van der Waals surface area contributed by atoms with E-state index in [1.807, 2.05) is 48.5 Å². The first kappa shape index (κ1) is 23.5. The van der Waals surface area contributed by atoms with E-state index >= 15 is 0 Å². The molecule has 0 radical (unpaired) electrons. The molecule has 0 bridgehead atoms. The summed E-state index contributed by atoms with van der Waals surface area (Å²) in [6.45, 7) is 2.24. The Bertz CT molecular complexity index is 1030. The number of hydrogen-bond acceptors (Lipinski definition) is 2. The summed E-state index contributed by atoms with van der Waals surface area (Å²) >= 11 is 0. The minimum Gasteiger partial charge on any atom is -0.324 e. The molecule has 0 unspecified atom stereocenters. The first-order chi connectivity index (χ1) is 15.8. The number of amides is 1. The van der Waals surface area contributed by atoms with Gasteiger partial charge in [0.15, 0.2) is 0 Å². The molecule has 2 aromatic carbocycles. The zero-order chi connectivity index (χ0) is 22.4. The molecule has 1 N–H and O–H groups in total. The number of hydrogen-bond donors (Lipinski definition) is 1. The fourth-order valence-electron chi connectivity index (χ4n) is 3.75. The van der Waals surface area contributed by atoms with E-state index in [4.69, 9.17) is 0 Å². The van der Waals surface area contributed by atoms with Crippen molar-refractivity contribution in [1.82, 2.24) is 4.98 Å². The maximum absolute atomic E-state index is 12.7. The molecule has 0 fully saturated rings. The number of carbonyl (C=O) groups excluding carboxylic acids is 1. The second kappa shape index (κ2) is 13.3. The van der Waals surface area contributed by atoms with Crippen LogP contribution in [0.1, 0.15) is 63.9 Å². The van der Waals surface area contributed by atoms with Crippen LogP contribution in [-0.4, -0.2) is 10.9 Å². The van der Waals surface area contributed by atoms with Crippen molar-refractivity contribution in [3.05, 3.63) is 90.1 Å². The number of benzene rings is 2. The third-order valence-corrected chi connectivity index (χ3v) is 5.52. The van der Waals surface area contributed by atoms with E-state index in [1.165, 1.54) is 36.8 Å². The Morgan fingerprint density at radius 2 is 1.75 bits per heavy atom. The molecule has 1 aromatic heterocycles. The number of carbonyl (C=O) groups is 1. The quantitative estimate of drug-likeness (QED) is 0.236. The summed E-state index contributed by atoms with van der Waals surface area (Å²) in [7, 11) is 0. The maximum atomic E-state index is 12.7. The van der Waals surface area contributed by atoms with E-state index in [0.29, 0.717) is 6.42 Å². The molecule has 3 aromatic rings. The SMILES string of the molecule is CCCCCCC=CCC(=Cc1ccccc1)CCC(=O)Nc1cccc2cccnc12. The van der Waals surface area contributed by atoms with Gasteiger partial charge in [-0.2, -0.15) is 0 Å². The van der Waals surface area contributed by atoms with Gasteiger partial charge in [0.1, 0.15) is 0 Å². The summed E-state index contributed by atoms with van der Waals surface area (Å²) in [5.41, 5.74) is 4.05. The van der Waals surface area contributed by atoms with Crippen LogP contribution in [0.3, 0.4) is 0 Å². The van der Waals surface area contributed by atoms with E-state index in [0.717, 1.165) is 35.9 Å². The number of allylic oxidation sites excluding steroid dienone is 3. The van der Waals surface area contributed by atoms with Crippen LogP contribution in [-0.2, 0) is 4.79 Å². The Kier molecular flexibility index (Phi) is 9.72. The van der Waals surface area contributed by atoms with Crippen LogP contribution in [0.2, 0.25) is 0 Å². The lowest BCUT2D eigenvalue weighted by molar-refractivity contribution is -0.116. The second-order valence-electron chi connectivity index (χ2n) is 8.17. The van der Waals surface area contributed by atoms with Crippen LogP contribution in [0.5, 0.6) is 0 Å². The molecule has 166 valence electrons. The molecule has 32 heavy (non-hydrogen) atoms. The molecule has 0 saturated heterocycles. The molecule has 0 aliphatic carbocycles. The molecule has 3 heteroatoms. The maximum Gasteiger partial charge on any atom is 0.224 e. The zero-order valence-corrected chi connectivity index (χ0v) is 19.1. The van der Waals surface area contributed by atoms with Gasteiger partial charge in [-0.3, -0.25) is 9.78 Å². The number of fused-ring (bicyclic) bond motifs is 1. The topological polar surface area (TPSA) is 42.0 Å². The lowest BCUT2D eigenvalue weighted by Gasteiger charge is -2.09. The van der Waals surface area contributed by atoms with E-state index in [-0.39, 0.29) is 5.91 Å². The number of nitrogens with one attached hydrogen (secondary N) is 1. The molecule has 1 heterocycles. The molecule has 0 aliphatic heterocycles. The smallest absolute Gasteiger partial charge is 0.224 e. The Hall–Kier alpha value is -3.20. The standard InChI is InChI=1S/C29H34N2O/c1-2-3-4-5-6-7-9-16-25(23-24-14-10-8-11-15-24)20-21-28(32)31-27-19-12-17-26-18-13-22-30-29(26)27/h7-15,17-19,22-23H,2-6,16,20-21H2,1H3,(H,31,32). The van der Waals surface area contributed by atoms with E-state index in [9.17, 15) is 4.79 Å². The van der Waals surface area contributed by atoms with Crippen LogP contribution < -0.4 is 5.32 Å². The summed E-state index contributed by atoms with van der Waals surface area (Å²) in [5, 5.41) is 4.08. The van der Waals surface area contributed by atoms with Crippen LogP contribution in [0.15, 0.2) is 84.6 Å². The first-order valence-corrected chi connectivity index (χ1v) is 11.8. The summed E-state index contributed by atoms with van der Waals surface area (Å²) in [5.74, 6) is 0.0191. The largest absolute Gasteiger partial charge is 0.324 e. The molecular formula is C29H34N2O. The van der Waals surface area contributed by atoms with Crippen molar-refractivity contribution in [3.63, 3.8) is 0 Å². The predicted octanol–water partition coefficient (Wildman–Crippen LogP) is 7.95. The molecule has 0 aliphatic rings. The molecule has 3 nitrogen and oxygen atoms in total. The minimum absolute atomic E-state index is 0.0191. The van der Waals surface area contributed by atoms with Gasteiger partial charge in [-0.05, 0) is 43.4 Å². The number of nitrogens with zero attached hydrogens (tertiary/aromatic N) is 1. The van der Waals surface area contributed by atoms with Crippen molar-refractivity contribution in [2.24, 2.45) is 0 Å². The van der Waals surface area contributed by atoms with Gasteiger partial charge in [0.25, 0.3) is 0 Å². The van der Waals surface area contributed by atoms with Crippen molar-refractivity contribution < 1.29 is 4.79 Å². The first-order valence-electron chi connectivity index (χ1n) is 11.8. The van der Waals surface area contributed by atoms with Crippen LogP contribution in [0.25, 0.3) is 17.0 Å². The molecule has 0 spiro atoms. The van der Waals surface area contributed by atoms with Gasteiger partial charge in [-0.1, -0.05) is 98.5 Å². The van der Waals surface area contributed by atoms with Crippen molar-refractivity contribution in [2.75, 3.05) is 5.32 Å². The van der Waals surface area contributed by atoms with Gasteiger partial charge in [0.2, 0.25) is 5.91 Å². The third-order valence-electron chi connectivity index (χ3n) is 5.52. The molecule has 1 amide bonds. The normalized spacial score (nSPS) is 11.8. The van der Waals surface area contributed by atoms with Gasteiger partial charge < -0.3 is 5.32 Å². The number of anilines is 1. The summed E-state index contributed by atoms with van der Waals surface area (Å²) in [4.78, 5) is 17.1. The molecular weight excluding hydrogens is 392 g/mol. The second-order valence-corrected chi connectivity index (χ2v) is 8.17. The lowest BCUT2D eigenvalue weighted by Crippen LogP contribution is -2.12. The van der Waals surface area contributed by atoms with Crippen LogP contribution in [0, 0.1) is 0 Å². The average Bonchev–Trinajstić information content (AvgIpc) is 2.82. The van der Waals surface area contributed by atoms with Crippen molar-refractivity contribution in [3.8, 4) is 0 Å². The van der Waals surface area contributed by atoms with Crippen LogP contribution in [0.4, 0.5) is 5.69 Å². The van der Waals surface area contributed by atoms with E-state index in [1.54, 1.807) is 6.20 Å². The number of para-hydroxylation sites is 1. The van der Waals surface area contributed by atoms with Gasteiger partial charge in [-0.15, -0.1) is 0 Å². The van der Waals surface area contributed by atoms with Gasteiger partial charge >= 0.3 is 0 Å². The summed E-state index contributed by atoms with van der Waals surface area (Å²) in [6, 6.07) is 20.1.